The molecule has 0 aliphatic heterocycles. The van der Waals surface area contributed by atoms with Gasteiger partial charge in [0.05, 0.1) is 6.61 Å². The molecule has 0 saturated heterocycles. The van der Waals surface area contributed by atoms with Gasteiger partial charge in [0.2, 0.25) is 0 Å². The van der Waals surface area contributed by atoms with Crippen LogP contribution in [0, 0.1) is 0 Å². The molecule has 0 saturated carbocycles. The lowest BCUT2D eigenvalue weighted by molar-refractivity contribution is 0.344. The number of halogens is 1. The zero-order valence-electron chi connectivity index (χ0n) is 8.57. The van der Waals surface area contributed by atoms with E-state index in [4.69, 9.17) is 10.5 Å². The van der Waals surface area contributed by atoms with Gasteiger partial charge >= 0.3 is 0 Å². The Morgan fingerprint density at radius 2 is 1.73 bits per heavy atom. The van der Waals surface area contributed by atoms with E-state index in [1.54, 1.807) is 0 Å². The number of nitrogens with two attached hydrogens (primary N) is 1. The van der Waals surface area contributed by atoms with Gasteiger partial charge in [-0.1, -0.05) is 24.3 Å². The smallest absolute Gasteiger partial charge is 0.127 e. The number of benzene rings is 2. The van der Waals surface area contributed by atoms with Crippen LogP contribution in [0.15, 0.2) is 36.4 Å². The summed E-state index contributed by atoms with van der Waals surface area (Å²) >= 11 is 0. The topological polar surface area (TPSA) is 35.2 Å². The summed E-state index contributed by atoms with van der Waals surface area (Å²) in [5, 5.41) is 2.13. The summed E-state index contributed by atoms with van der Waals surface area (Å²) in [5.74, 6) is 0.900. The van der Waals surface area contributed by atoms with E-state index in [0.717, 1.165) is 22.2 Å². The zero-order chi connectivity index (χ0) is 9.97. The second-order valence-electron chi connectivity index (χ2n) is 3.13. The standard InChI is InChI=1S/C12H13NO.ClH/c1-2-14-12-8-7-11(13)9-5-3-4-6-10(9)12;/h3-8H,2,13H2,1H3;1H. The number of hydrogen-bond donors (Lipinski definition) is 1. The Morgan fingerprint density at radius 1 is 1.07 bits per heavy atom. The minimum Gasteiger partial charge on any atom is -0.493 e. The first-order chi connectivity index (χ1) is 6.83. The summed E-state index contributed by atoms with van der Waals surface area (Å²) in [6.07, 6.45) is 0. The van der Waals surface area contributed by atoms with E-state index in [9.17, 15) is 0 Å². The molecule has 0 amide bonds. The van der Waals surface area contributed by atoms with Crippen molar-refractivity contribution in [3.63, 3.8) is 0 Å². The molecular formula is C12H14ClNO. The Kier molecular flexibility index (Phi) is 3.81. The van der Waals surface area contributed by atoms with E-state index in [-0.39, 0.29) is 12.4 Å². The zero-order valence-corrected chi connectivity index (χ0v) is 9.38. The number of fused-ring (bicyclic) bond motifs is 1. The molecule has 3 heteroatoms. The SMILES string of the molecule is CCOc1ccc(N)c2ccccc12.Cl. The Morgan fingerprint density at radius 3 is 2.40 bits per heavy atom. The van der Waals surface area contributed by atoms with Crippen molar-refractivity contribution in [2.45, 2.75) is 6.92 Å². The van der Waals surface area contributed by atoms with Crippen LogP contribution < -0.4 is 10.5 Å². The molecule has 0 aliphatic carbocycles. The second kappa shape index (κ2) is 4.89. The number of rotatable bonds is 2. The van der Waals surface area contributed by atoms with Crippen LogP contribution in [0.3, 0.4) is 0 Å². The highest BCUT2D eigenvalue weighted by atomic mass is 35.5. The summed E-state index contributed by atoms with van der Waals surface area (Å²) in [5.41, 5.74) is 6.66. The fourth-order valence-corrected chi connectivity index (χ4v) is 1.58. The van der Waals surface area contributed by atoms with Crippen LogP contribution in [-0.2, 0) is 0 Å². The highest BCUT2D eigenvalue weighted by Gasteiger charge is 2.02. The number of nitrogen functional groups attached to an aromatic ring is 1. The molecule has 2 N–H and O–H groups in total. The van der Waals surface area contributed by atoms with Crippen LogP contribution in [0.2, 0.25) is 0 Å². The molecule has 80 valence electrons. The van der Waals surface area contributed by atoms with Gasteiger partial charge in [0.1, 0.15) is 5.75 Å². The highest BCUT2D eigenvalue weighted by Crippen LogP contribution is 2.29. The van der Waals surface area contributed by atoms with Crippen molar-refractivity contribution in [2.24, 2.45) is 0 Å². The number of ether oxygens (including phenoxy) is 1. The van der Waals surface area contributed by atoms with Crippen LogP contribution in [0.25, 0.3) is 10.8 Å². The average Bonchev–Trinajstić information content (AvgIpc) is 2.23. The molecule has 0 aliphatic rings. The van der Waals surface area contributed by atoms with E-state index in [2.05, 4.69) is 0 Å². The Bertz CT molecular complexity index is 456. The van der Waals surface area contributed by atoms with Crippen molar-refractivity contribution in [3.05, 3.63) is 36.4 Å². The summed E-state index contributed by atoms with van der Waals surface area (Å²) < 4.78 is 5.52. The molecule has 2 aromatic carbocycles. The van der Waals surface area contributed by atoms with Crippen molar-refractivity contribution in [2.75, 3.05) is 12.3 Å². The molecule has 0 unspecified atom stereocenters. The van der Waals surface area contributed by atoms with E-state index in [1.165, 1.54) is 0 Å². The van der Waals surface area contributed by atoms with E-state index >= 15 is 0 Å². The molecule has 0 aromatic heterocycles. The van der Waals surface area contributed by atoms with Crippen LogP contribution in [0.4, 0.5) is 5.69 Å². The lowest BCUT2D eigenvalue weighted by Gasteiger charge is -2.08. The lowest BCUT2D eigenvalue weighted by Crippen LogP contribution is -1.94. The average molecular weight is 224 g/mol. The van der Waals surface area contributed by atoms with Gasteiger partial charge in [0, 0.05) is 16.5 Å². The molecule has 15 heavy (non-hydrogen) atoms. The minimum absolute atomic E-state index is 0. The molecule has 2 aromatic rings. The van der Waals surface area contributed by atoms with Crippen LogP contribution >= 0.6 is 12.4 Å². The molecule has 2 rings (SSSR count). The molecule has 0 spiro atoms. The summed E-state index contributed by atoms with van der Waals surface area (Å²) in [4.78, 5) is 0. The van der Waals surface area contributed by atoms with E-state index < -0.39 is 0 Å². The third-order valence-corrected chi connectivity index (χ3v) is 2.22. The predicted octanol–water partition coefficient (Wildman–Crippen LogP) is 3.24. The van der Waals surface area contributed by atoms with Gasteiger partial charge in [0.25, 0.3) is 0 Å². The van der Waals surface area contributed by atoms with Crippen LogP contribution in [0.1, 0.15) is 6.92 Å². The quantitative estimate of drug-likeness (QED) is 0.794. The first kappa shape index (κ1) is 11.7. The largest absolute Gasteiger partial charge is 0.493 e. The van der Waals surface area contributed by atoms with Crippen molar-refractivity contribution < 1.29 is 4.74 Å². The summed E-state index contributed by atoms with van der Waals surface area (Å²) in [6.45, 7) is 2.65. The van der Waals surface area contributed by atoms with Gasteiger partial charge in [-0.2, -0.15) is 0 Å². The molecule has 0 bridgehead atoms. The summed E-state index contributed by atoms with van der Waals surface area (Å²) in [7, 11) is 0. The van der Waals surface area contributed by atoms with Crippen LogP contribution in [-0.4, -0.2) is 6.61 Å². The van der Waals surface area contributed by atoms with Crippen molar-refractivity contribution in [3.8, 4) is 5.75 Å². The maximum absolute atomic E-state index is 5.87. The van der Waals surface area contributed by atoms with Crippen molar-refractivity contribution in [1.82, 2.24) is 0 Å². The normalized spacial score (nSPS) is 9.67. The van der Waals surface area contributed by atoms with E-state index in [0.29, 0.717) is 6.61 Å². The molecular weight excluding hydrogens is 210 g/mol. The fraction of sp³-hybridized carbons (Fsp3) is 0.167. The predicted molar refractivity (Wildman–Crippen MR) is 66.8 cm³/mol. The lowest BCUT2D eigenvalue weighted by atomic mass is 10.1. The van der Waals surface area contributed by atoms with Crippen molar-refractivity contribution in [1.29, 1.82) is 0 Å². The maximum atomic E-state index is 5.87. The van der Waals surface area contributed by atoms with Gasteiger partial charge in [-0.05, 0) is 19.1 Å². The molecule has 0 heterocycles. The summed E-state index contributed by atoms with van der Waals surface area (Å²) in [6, 6.07) is 11.8. The third kappa shape index (κ3) is 2.16. The Labute approximate surface area is 95.4 Å². The van der Waals surface area contributed by atoms with Gasteiger partial charge < -0.3 is 10.5 Å². The molecule has 2 nitrogen and oxygen atoms in total. The fourth-order valence-electron chi connectivity index (χ4n) is 1.58. The minimum atomic E-state index is 0. The van der Waals surface area contributed by atoms with Gasteiger partial charge in [-0.25, -0.2) is 0 Å². The van der Waals surface area contributed by atoms with E-state index in [1.807, 2.05) is 43.3 Å². The molecule has 0 atom stereocenters. The highest BCUT2D eigenvalue weighted by molar-refractivity contribution is 5.96. The number of hydrogen-bond acceptors (Lipinski definition) is 2. The third-order valence-electron chi connectivity index (χ3n) is 2.22. The maximum Gasteiger partial charge on any atom is 0.127 e. The molecule has 0 radical (unpaired) electrons. The first-order valence-corrected chi connectivity index (χ1v) is 4.73. The number of anilines is 1. The van der Waals surface area contributed by atoms with Gasteiger partial charge in [-0.3, -0.25) is 0 Å². The Hall–Kier alpha value is -1.41. The molecule has 0 fully saturated rings. The van der Waals surface area contributed by atoms with Crippen molar-refractivity contribution >= 4 is 28.9 Å². The second-order valence-corrected chi connectivity index (χ2v) is 3.13. The monoisotopic (exact) mass is 223 g/mol. The Balaban J connectivity index is 0.00000112. The van der Waals surface area contributed by atoms with Gasteiger partial charge in [0.15, 0.2) is 0 Å². The first-order valence-electron chi connectivity index (χ1n) is 4.73. The van der Waals surface area contributed by atoms with Gasteiger partial charge in [-0.15, -0.1) is 12.4 Å². The van der Waals surface area contributed by atoms with Crippen LogP contribution in [0.5, 0.6) is 5.75 Å².